The molecule has 1 atom stereocenters. The minimum atomic E-state index is -3.56. The van der Waals surface area contributed by atoms with E-state index in [1.165, 1.54) is 5.56 Å². The molecule has 1 aliphatic heterocycles. The lowest BCUT2D eigenvalue weighted by atomic mass is 9.91. The van der Waals surface area contributed by atoms with Crippen LogP contribution in [0.15, 0.2) is 79.1 Å². The fourth-order valence-corrected chi connectivity index (χ4v) is 5.67. The lowest BCUT2D eigenvalue weighted by Crippen LogP contribution is -2.41. The first kappa shape index (κ1) is 25.3. The molecule has 1 aliphatic rings. The van der Waals surface area contributed by atoms with Crippen LogP contribution in [0.1, 0.15) is 35.6 Å². The summed E-state index contributed by atoms with van der Waals surface area (Å²) in [6, 6.07) is 21.5. The molecule has 0 radical (unpaired) electrons. The molecule has 2 heterocycles. The van der Waals surface area contributed by atoms with Crippen LogP contribution in [0.5, 0.6) is 0 Å². The fraction of sp³-hybridized carbons (Fsp3) is 0.370. The number of piperidine rings is 1. The van der Waals surface area contributed by atoms with E-state index in [0.717, 1.165) is 36.8 Å². The molecule has 1 saturated heterocycles. The van der Waals surface area contributed by atoms with Crippen LogP contribution >= 0.6 is 0 Å². The largest absolute Gasteiger partial charge is 0.387 e. The summed E-state index contributed by atoms with van der Waals surface area (Å²) in [5.41, 5.74) is 3.77. The normalized spacial score (nSPS) is 16.1. The molecule has 3 aromatic rings. The van der Waals surface area contributed by atoms with Gasteiger partial charge in [0.25, 0.3) is 0 Å². The van der Waals surface area contributed by atoms with Gasteiger partial charge in [-0.15, -0.1) is 0 Å². The number of rotatable bonds is 11. The number of pyridine rings is 1. The van der Waals surface area contributed by atoms with Gasteiger partial charge < -0.3 is 10.4 Å². The number of nitrogens with one attached hydrogen (secondary N) is 2. The van der Waals surface area contributed by atoms with E-state index in [1.54, 1.807) is 28.8 Å². The Labute approximate surface area is 208 Å². The molecule has 35 heavy (non-hydrogen) atoms. The maximum atomic E-state index is 12.9. The number of benzene rings is 2. The second-order valence-electron chi connectivity index (χ2n) is 9.09. The van der Waals surface area contributed by atoms with Crippen molar-refractivity contribution in [1.29, 1.82) is 0 Å². The van der Waals surface area contributed by atoms with Gasteiger partial charge in [-0.1, -0.05) is 48.5 Å². The first-order valence-corrected chi connectivity index (χ1v) is 13.6. The van der Waals surface area contributed by atoms with Gasteiger partial charge in [-0.05, 0) is 67.5 Å². The van der Waals surface area contributed by atoms with Crippen LogP contribution in [0.2, 0.25) is 0 Å². The average Bonchev–Trinajstić information content (AvgIpc) is 2.89. The Hall–Kier alpha value is -2.78. The van der Waals surface area contributed by atoms with Gasteiger partial charge in [-0.3, -0.25) is 9.71 Å². The van der Waals surface area contributed by atoms with Crippen molar-refractivity contribution >= 4 is 15.9 Å². The van der Waals surface area contributed by atoms with Crippen LogP contribution in [0, 0.1) is 5.92 Å². The van der Waals surface area contributed by atoms with Crippen molar-refractivity contribution in [1.82, 2.24) is 14.6 Å². The van der Waals surface area contributed by atoms with Crippen LogP contribution in [0.4, 0.5) is 5.69 Å². The summed E-state index contributed by atoms with van der Waals surface area (Å²) >= 11 is 0. The minimum absolute atomic E-state index is 0.450. The molecule has 8 heteroatoms. The molecule has 186 valence electrons. The molecule has 2 aromatic carbocycles. The first-order valence-electron chi connectivity index (χ1n) is 12.2. The van der Waals surface area contributed by atoms with Crippen LogP contribution in [-0.4, -0.2) is 49.0 Å². The van der Waals surface area contributed by atoms with Crippen LogP contribution in [-0.2, 0) is 23.1 Å². The molecule has 0 amide bonds. The molecule has 3 N–H and O–H groups in total. The van der Waals surface area contributed by atoms with Crippen molar-refractivity contribution in [3.8, 4) is 0 Å². The molecule has 0 spiro atoms. The Bertz CT molecular complexity index is 1130. The maximum absolute atomic E-state index is 12.9. The molecule has 1 aromatic heterocycles. The summed E-state index contributed by atoms with van der Waals surface area (Å²) in [4.78, 5) is 4.02. The van der Waals surface area contributed by atoms with E-state index in [-0.39, 0.29) is 0 Å². The number of anilines is 1. The van der Waals surface area contributed by atoms with E-state index >= 15 is 0 Å². The van der Waals surface area contributed by atoms with Crippen LogP contribution in [0.25, 0.3) is 0 Å². The summed E-state index contributed by atoms with van der Waals surface area (Å²) < 4.78 is 30.0. The van der Waals surface area contributed by atoms with Gasteiger partial charge in [0.05, 0.1) is 6.10 Å². The van der Waals surface area contributed by atoms with Crippen molar-refractivity contribution in [2.45, 2.75) is 31.8 Å². The second kappa shape index (κ2) is 12.3. The lowest BCUT2D eigenvalue weighted by Gasteiger charge is -2.31. The molecule has 7 nitrogen and oxygen atoms in total. The van der Waals surface area contributed by atoms with Crippen molar-refractivity contribution in [3.05, 3.63) is 95.8 Å². The third-order valence-corrected chi connectivity index (χ3v) is 8.02. The summed E-state index contributed by atoms with van der Waals surface area (Å²) in [6.45, 7) is 2.24. The van der Waals surface area contributed by atoms with Gasteiger partial charge in [-0.25, -0.2) is 0 Å². The molecule has 4 rings (SSSR count). The van der Waals surface area contributed by atoms with Gasteiger partial charge in [0.2, 0.25) is 0 Å². The van der Waals surface area contributed by atoms with E-state index in [9.17, 15) is 13.5 Å². The molecule has 1 fully saturated rings. The van der Waals surface area contributed by atoms with Crippen LogP contribution in [0.3, 0.4) is 0 Å². The predicted octanol–water partition coefficient (Wildman–Crippen LogP) is 3.56. The molecule has 0 bridgehead atoms. The van der Waals surface area contributed by atoms with Gasteiger partial charge in [0, 0.05) is 43.3 Å². The highest BCUT2D eigenvalue weighted by Crippen LogP contribution is 2.24. The third-order valence-electron chi connectivity index (χ3n) is 6.48. The summed E-state index contributed by atoms with van der Waals surface area (Å²) in [6.07, 6.45) is 6.28. The predicted molar refractivity (Wildman–Crippen MR) is 139 cm³/mol. The highest BCUT2D eigenvalue weighted by molar-refractivity contribution is 7.90. The zero-order valence-electron chi connectivity index (χ0n) is 19.9. The standard InChI is InChI=1S/C27H34N4O3S/c32-27(25-7-4-15-28-20-25)21-29-16-12-22-8-10-26(11-9-22)30-35(33,34)31-17-13-24(14-18-31)19-23-5-2-1-3-6-23/h1-11,15,20,24,27,29-30,32H,12-14,16-19,21H2/t27-/m1/s1. The van der Waals surface area contributed by atoms with E-state index in [0.29, 0.717) is 37.8 Å². The molecule has 0 saturated carbocycles. The third kappa shape index (κ3) is 7.60. The zero-order chi connectivity index (χ0) is 24.5. The van der Waals surface area contributed by atoms with Gasteiger partial charge in [0.1, 0.15) is 0 Å². The number of nitrogens with zero attached hydrogens (tertiary/aromatic N) is 2. The summed E-state index contributed by atoms with van der Waals surface area (Å²) in [5.74, 6) is 0.516. The lowest BCUT2D eigenvalue weighted by molar-refractivity contribution is 0.174. The van der Waals surface area contributed by atoms with Crippen molar-refractivity contribution in [3.63, 3.8) is 0 Å². The maximum Gasteiger partial charge on any atom is 0.301 e. The number of hydrogen-bond donors (Lipinski definition) is 3. The fourth-order valence-electron chi connectivity index (χ4n) is 4.42. The highest BCUT2D eigenvalue weighted by atomic mass is 32.2. The number of aliphatic hydroxyl groups is 1. The highest BCUT2D eigenvalue weighted by Gasteiger charge is 2.28. The SMILES string of the molecule is O=S(=O)(Nc1ccc(CCNC[C@@H](O)c2cccnc2)cc1)N1CCC(Cc2ccccc2)CC1. The molecule has 0 aliphatic carbocycles. The molecular formula is C27H34N4O3S. The topological polar surface area (TPSA) is 94.6 Å². The minimum Gasteiger partial charge on any atom is -0.387 e. The summed E-state index contributed by atoms with van der Waals surface area (Å²) in [7, 11) is -3.56. The summed E-state index contributed by atoms with van der Waals surface area (Å²) in [5, 5.41) is 13.4. The van der Waals surface area contributed by atoms with Gasteiger partial charge in [-0.2, -0.15) is 12.7 Å². The van der Waals surface area contributed by atoms with Gasteiger partial charge >= 0.3 is 10.2 Å². The second-order valence-corrected chi connectivity index (χ2v) is 10.8. The van der Waals surface area contributed by atoms with Crippen molar-refractivity contribution < 1.29 is 13.5 Å². The zero-order valence-corrected chi connectivity index (χ0v) is 20.7. The Kier molecular flexibility index (Phi) is 8.87. The Morgan fingerprint density at radius 2 is 1.71 bits per heavy atom. The van der Waals surface area contributed by atoms with Crippen LogP contribution < -0.4 is 10.0 Å². The van der Waals surface area contributed by atoms with Crippen molar-refractivity contribution in [2.75, 3.05) is 30.9 Å². The number of hydrogen-bond acceptors (Lipinski definition) is 5. The number of aromatic nitrogens is 1. The molecular weight excluding hydrogens is 460 g/mol. The van der Waals surface area contributed by atoms with Gasteiger partial charge in [0.15, 0.2) is 0 Å². The van der Waals surface area contributed by atoms with Crippen molar-refractivity contribution in [2.24, 2.45) is 5.92 Å². The smallest absolute Gasteiger partial charge is 0.301 e. The van der Waals surface area contributed by atoms with E-state index in [2.05, 4.69) is 39.3 Å². The van der Waals surface area contributed by atoms with E-state index < -0.39 is 16.3 Å². The first-order chi connectivity index (χ1) is 17.0. The monoisotopic (exact) mass is 494 g/mol. The van der Waals surface area contributed by atoms with E-state index in [4.69, 9.17) is 0 Å². The van der Waals surface area contributed by atoms with E-state index in [1.807, 2.05) is 30.3 Å². The Balaban J connectivity index is 1.19. The Morgan fingerprint density at radius 1 is 0.971 bits per heavy atom. The Morgan fingerprint density at radius 3 is 2.40 bits per heavy atom. The average molecular weight is 495 g/mol. The molecule has 0 unspecified atom stereocenters. The number of aliphatic hydroxyl groups excluding tert-OH is 1. The quantitative estimate of drug-likeness (QED) is 0.355.